The van der Waals surface area contributed by atoms with Gasteiger partial charge in [0, 0.05) is 6.04 Å². The van der Waals surface area contributed by atoms with E-state index in [1.54, 1.807) is 6.07 Å². The molecule has 104 valence electrons. The third kappa shape index (κ3) is 2.00. The summed E-state index contributed by atoms with van der Waals surface area (Å²) in [5.41, 5.74) is 7.32. The van der Waals surface area contributed by atoms with Gasteiger partial charge in [-0.05, 0) is 61.6 Å². The van der Waals surface area contributed by atoms with Gasteiger partial charge in [-0.2, -0.15) is 0 Å². The Morgan fingerprint density at radius 1 is 1.21 bits per heavy atom. The van der Waals surface area contributed by atoms with Crippen LogP contribution in [0.4, 0.5) is 4.39 Å². The minimum Gasteiger partial charge on any atom is -0.323 e. The summed E-state index contributed by atoms with van der Waals surface area (Å²) < 4.78 is 14.4. The molecule has 1 nitrogen and oxygen atoms in total. The predicted octanol–water partition coefficient (Wildman–Crippen LogP) is 4.97. The fourth-order valence-electron chi connectivity index (χ4n) is 3.95. The van der Waals surface area contributed by atoms with Crippen LogP contribution in [0.15, 0.2) is 12.1 Å². The molecular weight excluding hydrogens is 284 g/mol. The van der Waals surface area contributed by atoms with Crippen LogP contribution in [0.5, 0.6) is 0 Å². The number of halogens is 3. The number of nitrogens with two attached hydrogens (primary N) is 1. The molecule has 1 atom stereocenters. The summed E-state index contributed by atoms with van der Waals surface area (Å²) in [5, 5.41) is 1.06. The summed E-state index contributed by atoms with van der Waals surface area (Å²) in [6.45, 7) is 1.99. The minimum atomic E-state index is -0.990. The monoisotopic (exact) mass is 301 g/mol. The number of fused-ring (bicyclic) bond motifs is 2. The molecule has 2 saturated carbocycles. The van der Waals surface area contributed by atoms with Crippen molar-refractivity contribution in [2.45, 2.75) is 50.7 Å². The third-order valence-electron chi connectivity index (χ3n) is 5.13. The second-order valence-electron chi connectivity index (χ2n) is 6.26. The highest BCUT2D eigenvalue weighted by Crippen LogP contribution is 2.63. The van der Waals surface area contributed by atoms with Gasteiger partial charge in [0.2, 0.25) is 0 Å². The lowest BCUT2D eigenvalue weighted by molar-refractivity contribution is 0.175. The lowest BCUT2D eigenvalue weighted by atomic mass is 9.74. The van der Waals surface area contributed by atoms with Gasteiger partial charge < -0.3 is 5.73 Å². The van der Waals surface area contributed by atoms with Crippen LogP contribution in [0, 0.1) is 12.3 Å². The molecule has 0 amide bonds. The summed E-state index contributed by atoms with van der Waals surface area (Å²) in [7, 11) is 0. The van der Waals surface area contributed by atoms with Gasteiger partial charge in [0.15, 0.2) is 0 Å². The average molecular weight is 302 g/mol. The molecule has 2 aliphatic carbocycles. The molecule has 0 radical (unpaired) electrons. The third-order valence-corrected chi connectivity index (χ3v) is 5.95. The van der Waals surface area contributed by atoms with Gasteiger partial charge in [-0.25, -0.2) is 4.39 Å². The molecule has 0 saturated heterocycles. The molecule has 0 spiro atoms. The Morgan fingerprint density at radius 2 is 1.84 bits per heavy atom. The summed E-state index contributed by atoms with van der Waals surface area (Å²) >= 11 is 12.4. The van der Waals surface area contributed by atoms with Crippen LogP contribution in [-0.4, -0.2) is 5.67 Å². The Kier molecular flexibility index (Phi) is 3.12. The molecule has 0 aromatic heterocycles. The van der Waals surface area contributed by atoms with Gasteiger partial charge in [-0.1, -0.05) is 29.3 Å². The van der Waals surface area contributed by atoms with Gasteiger partial charge in [0.1, 0.15) is 5.67 Å². The molecule has 19 heavy (non-hydrogen) atoms. The number of aryl methyl sites for hydroxylation is 1. The van der Waals surface area contributed by atoms with Crippen molar-refractivity contribution in [3.63, 3.8) is 0 Å². The Hall–Kier alpha value is -0.310. The number of hydrogen-bond acceptors (Lipinski definition) is 1. The molecule has 1 aromatic rings. The normalized spacial score (nSPS) is 34.8. The van der Waals surface area contributed by atoms with Crippen LogP contribution in [-0.2, 0) is 0 Å². The Morgan fingerprint density at radius 3 is 2.37 bits per heavy atom. The maximum absolute atomic E-state index is 14.4. The SMILES string of the molecule is Cc1ccc(Cl)c(Cl)c1[C@@H](N)C12CCC(F)(CC1)C2. The van der Waals surface area contributed by atoms with Crippen molar-refractivity contribution in [2.24, 2.45) is 11.1 Å². The highest BCUT2D eigenvalue weighted by molar-refractivity contribution is 6.42. The number of alkyl halides is 1. The maximum Gasteiger partial charge on any atom is 0.111 e. The van der Waals surface area contributed by atoms with Gasteiger partial charge in [-0.15, -0.1) is 0 Å². The molecule has 4 heteroatoms. The molecule has 0 unspecified atom stereocenters. The first kappa shape index (κ1) is 13.7. The van der Waals surface area contributed by atoms with E-state index in [0.29, 0.717) is 29.3 Å². The van der Waals surface area contributed by atoms with Gasteiger partial charge >= 0.3 is 0 Å². The van der Waals surface area contributed by atoms with E-state index in [4.69, 9.17) is 28.9 Å². The minimum absolute atomic E-state index is 0.131. The van der Waals surface area contributed by atoms with Crippen LogP contribution < -0.4 is 5.73 Å². The first-order chi connectivity index (χ1) is 8.87. The zero-order chi connectivity index (χ0) is 13.8. The molecular formula is C15H18Cl2FN. The fourth-order valence-corrected chi connectivity index (χ4v) is 4.45. The molecule has 2 fully saturated rings. The Labute approximate surface area is 123 Å². The summed E-state index contributed by atoms with van der Waals surface area (Å²) in [6, 6.07) is 3.50. The molecule has 2 bridgehead atoms. The van der Waals surface area contributed by atoms with Crippen molar-refractivity contribution in [1.82, 2.24) is 0 Å². The topological polar surface area (TPSA) is 26.0 Å². The Bertz CT molecular complexity index is 521. The number of hydrogen-bond donors (Lipinski definition) is 1. The summed E-state index contributed by atoms with van der Waals surface area (Å²) in [5.74, 6) is 0. The van der Waals surface area contributed by atoms with Crippen LogP contribution in [0.1, 0.15) is 49.3 Å². The average Bonchev–Trinajstić information content (AvgIpc) is 2.89. The summed E-state index contributed by atoms with van der Waals surface area (Å²) in [4.78, 5) is 0. The van der Waals surface area contributed by atoms with Gasteiger partial charge in [0.25, 0.3) is 0 Å². The number of benzene rings is 1. The van der Waals surface area contributed by atoms with Crippen molar-refractivity contribution in [1.29, 1.82) is 0 Å². The van der Waals surface area contributed by atoms with Crippen molar-refractivity contribution in [3.8, 4) is 0 Å². The molecule has 0 aliphatic heterocycles. The zero-order valence-corrected chi connectivity index (χ0v) is 12.5. The van der Waals surface area contributed by atoms with Crippen LogP contribution >= 0.6 is 23.2 Å². The largest absolute Gasteiger partial charge is 0.323 e. The second-order valence-corrected chi connectivity index (χ2v) is 7.04. The van der Waals surface area contributed by atoms with E-state index in [1.165, 1.54) is 0 Å². The quantitative estimate of drug-likeness (QED) is 0.819. The van der Waals surface area contributed by atoms with Crippen molar-refractivity contribution >= 4 is 23.2 Å². The fraction of sp³-hybridized carbons (Fsp3) is 0.600. The van der Waals surface area contributed by atoms with Crippen LogP contribution in [0.3, 0.4) is 0 Å². The zero-order valence-electron chi connectivity index (χ0n) is 11.0. The van der Waals surface area contributed by atoms with E-state index in [-0.39, 0.29) is 11.5 Å². The van der Waals surface area contributed by atoms with Crippen LogP contribution in [0.25, 0.3) is 0 Å². The Balaban J connectivity index is 2.02. The van der Waals surface area contributed by atoms with E-state index in [0.717, 1.165) is 24.0 Å². The van der Waals surface area contributed by atoms with Crippen molar-refractivity contribution in [3.05, 3.63) is 33.3 Å². The lowest BCUT2D eigenvalue weighted by Gasteiger charge is -2.34. The molecule has 2 N–H and O–H groups in total. The second kappa shape index (κ2) is 4.34. The van der Waals surface area contributed by atoms with E-state index >= 15 is 0 Å². The van der Waals surface area contributed by atoms with Crippen LogP contribution in [0.2, 0.25) is 10.0 Å². The first-order valence-corrected chi connectivity index (χ1v) is 7.52. The van der Waals surface area contributed by atoms with E-state index in [2.05, 4.69) is 0 Å². The molecule has 2 aliphatic rings. The van der Waals surface area contributed by atoms with E-state index in [9.17, 15) is 4.39 Å². The lowest BCUT2D eigenvalue weighted by Crippen LogP contribution is -2.31. The van der Waals surface area contributed by atoms with E-state index < -0.39 is 5.67 Å². The smallest absolute Gasteiger partial charge is 0.111 e. The number of rotatable bonds is 2. The summed E-state index contributed by atoms with van der Waals surface area (Å²) in [6.07, 6.45) is 3.55. The predicted molar refractivity (Wildman–Crippen MR) is 77.5 cm³/mol. The maximum atomic E-state index is 14.4. The first-order valence-electron chi connectivity index (χ1n) is 6.76. The molecule has 1 aromatic carbocycles. The van der Waals surface area contributed by atoms with Gasteiger partial charge in [0.05, 0.1) is 10.0 Å². The van der Waals surface area contributed by atoms with Crippen molar-refractivity contribution < 1.29 is 4.39 Å². The van der Waals surface area contributed by atoms with E-state index in [1.807, 2.05) is 13.0 Å². The van der Waals surface area contributed by atoms with Gasteiger partial charge in [-0.3, -0.25) is 0 Å². The standard InChI is InChI=1S/C15H18Cl2FN/c1-9-2-3-10(16)12(17)11(9)13(19)14-4-6-15(18,8-14)7-5-14/h2-3,13H,4-8,19H2,1H3/t13-,14?,15?/m1/s1. The molecule has 0 heterocycles. The molecule has 3 rings (SSSR count). The highest BCUT2D eigenvalue weighted by Gasteiger charge is 2.57. The highest BCUT2D eigenvalue weighted by atomic mass is 35.5. The van der Waals surface area contributed by atoms with Crippen molar-refractivity contribution in [2.75, 3.05) is 0 Å².